The number of anilines is 1. The molecule has 4 heterocycles. The number of carboxylic acid groups (broad SMARTS) is 3. The van der Waals surface area contributed by atoms with Gasteiger partial charge in [-0.3, -0.25) is 48.6 Å². The Morgan fingerprint density at radius 2 is 1.14 bits per heavy atom. The first kappa shape index (κ1) is 46.2. The third-order valence-electron chi connectivity index (χ3n) is 10.0. The van der Waals surface area contributed by atoms with Gasteiger partial charge in [0.25, 0.3) is 0 Å². The highest BCUT2D eigenvalue weighted by Crippen LogP contribution is 2.18. The number of nitrogens with zero attached hydrogens (tertiary/aromatic N) is 9. The summed E-state index contributed by atoms with van der Waals surface area (Å²) in [4.78, 5) is 73.8. The summed E-state index contributed by atoms with van der Waals surface area (Å²) in [6.45, 7) is 2.62. The molecule has 2 amide bonds. The van der Waals surface area contributed by atoms with E-state index in [4.69, 9.17) is 0 Å². The van der Waals surface area contributed by atoms with E-state index in [0.29, 0.717) is 88.0 Å². The van der Waals surface area contributed by atoms with Gasteiger partial charge < -0.3 is 26.0 Å². The molecule has 1 unspecified atom stereocenters. The second-order valence-corrected chi connectivity index (χ2v) is 14.8. The second kappa shape index (κ2) is 25.8. The topological polar surface area (TPSA) is 257 Å². The van der Waals surface area contributed by atoms with Gasteiger partial charge in [0.05, 0.1) is 31.5 Å². The average molecular weight is 820 g/mol. The summed E-state index contributed by atoms with van der Waals surface area (Å²) < 4.78 is 0. The molecule has 5 N–H and O–H groups in total. The number of hydrogen-bond acceptors (Lipinski definition) is 14. The van der Waals surface area contributed by atoms with Gasteiger partial charge in [-0.1, -0.05) is 44.6 Å². The molecule has 1 saturated heterocycles. The van der Waals surface area contributed by atoms with Gasteiger partial charge in [-0.15, -0.1) is 20.4 Å². The third-order valence-corrected chi connectivity index (χ3v) is 10.0. The van der Waals surface area contributed by atoms with Crippen LogP contribution in [0.4, 0.5) is 5.69 Å². The van der Waals surface area contributed by atoms with E-state index in [0.717, 1.165) is 51.4 Å². The Balaban J connectivity index is 1.06. The normalized spacial score (nSPS) is 16.0. The lowest BCUT2D eigenvalue weighted by Crippen LogP contribution is -2.46. The molecule has 3 aromatic rings. The lowest BCUT2D eigenvalue weighted by molar-refractivity contribution is -0.140. The SMILES string of the molecule is O=C(O)CC1CCN(CC(=O)O)CCN(CC(=O)O)CCN(CC(=O)NCCCCCCCCCCC(=O)Nc2ccc(-c3nnc(-c4ccccn4)nn3)nc2)CC1. The van der Waals surface area contributed by atoms with Crippen LogP contribution in [0.15, 0.2) is 42.7 Å². The number of pyridine rings is 2. The van der Waals surface area contributed by atoms with Gasteiger partial charge in [0.15, 0.2) is 0 Å². The molecule has 0 radical (unpaired) electrons. The van der Waals surface area contributed by atoms with Crippen LogP contribution in [0.25, 0.3) is 23.0 Å². The average Bonchev–Trinajstić information content (AvgIpc) is 3.21. The van der Waals surface area contributed by atoms with Crippen molar-refractivity contribution in [2.75, 3.05) is 70.8 Å². The molecule has 1 fully saturated rings. The number of amides is 2. The van der Waals surface area contributed by atoms with E-state index in [2.05, 4.69) is 41.0 Å². The zero-order valence-corrected chi connectivity index (χ0v) is 33.6. The monoisotopic (exact) mass is 819 g/mol. The number of hydrogen-bond donors (Lipinski definition) is 5. The van der Waals surface area contributed by atoms with Crippen LogP contribution in [-0.2, 0) is 24.0 Å². The first-order valence-corrected chi connectivity index (χ1v) is 20.4. The van der Waals surface area contributed by atoms with Crippen LogP contribution in [0, 0.1) is 5.92 Å². The minimum Gasteiger partial charge on any atom is -0.481 e. The summed E-state index contributed by atoms with van der Waals surface area (Å²) in [5, 5.41) is 50.5. The van der Waals surface area contributed by atoms with Crippen LogP contribution in [-0.4, -0.2) is 156 Å². The fourth-order valence-corrected chi connectivity index (χ4v) is 6.79. The summed E-state index contributed by atoms with van der Waals surface area (Å²) in [5.74, 6) is -2.70. The molecule has 19 heteroatoms. The van der Waals surface area contributed by atoms with Crippen molar-refractivity contribution in [2.24, 2.45) is 5.92 Å². The van der Waals surface area contributed by atoms with Gasteiger partial charge in [-0.05, 0) is 69.0 Å². The van der Waals surface area contributed by atoms with Crippen LogP contribution in [0.3, 0.4) is 0 Å². The second-order valence-electron chi connectivity index (χ2n) is 14.8. The summed E-state index contributed by atoms with van der Waals surface area (Å²) in [6.07, 6.45) is 12.4. The summed E-state index contributed by atoms with van der Waals surface area (Å²) in [5.41, 5.74) is 1.64. The maximum atomic E-state index is 12.9. The van der Waals surface area contributed by atoms with Gasteiger partial charge in [-0.2, -0.15) is 0 Å². The van der Waals surface area contributed by atoms with Crippen molar-refractivity contribution in [2.45, 2.75) is 77.0 Å². The zero-order chi connectivity index (χ0) is 42.2. The Morgan fingerprint density at radius 3 is 1.66 bits per heavy atom. The van der Waals surface area contributed by atoms with Gasteiger partial charge in [-0.25, -0.2) is 0 Å². The molecule has 0 spiro atoms. The molecule has 1 aliphatic rings. The predicted molar refractivity (Wildman–Crippen MR) is 217 cm³/mol. The summed E-state index contributed by atoms with van der Waals surface area (Å²) >= 11 is 0. The standard InChI is InChI=1S/C40H57N11O8/c52-34(44-31-13-14-33(43-26-31)40-47-45-39(46-48-40)32-11-8-10-17-41-32)12-7-5-3-1-2-4-6-9-18-42-35(53)27-49-19-15-30(25-36(54)55)16-20-50(28-37(56)57)22-24-51(23-21-49)29-38(58)59/h8,10-11,13-14,17,26,30H,1-7,9,12,15-16,18-25,27-29H2,(H,42,53)(H,44,52)(H,54,55)(H,56,57)(H,58,59). The zero-order valence-electron chi connectivity index (χ0n) is 33.6. The van der Waals surface area contributed by atoms with Crippen molar-refractivity contribution in [3.8, 4) is 23.0 Å². The molecule has 1 aliphatic heterocycles. The number of carbonyl (C=O) groups excluding carboxylic acids is 2. The van der Waals surface area contributed by atoms with Gasteiger partial charge >= 0.3 is 17.9 Å². The molecule has 59 heavy (non-hydrogen) atoms. The van der Waals surface area contributed by atoms with Crippen molar-refractivity contribution in [3.63, 3.8) is 0 Å². The maximum Gasteiger partial charge on any atom is 0.317 e. The Kier molecular flexibility index (Phi) is 20.1. The molecule has 3 aromatic heterocycles. The fraction of sp³-hybridized carbons (Fsp3) is 0.575. The van der Waals surface area contributed by atoms with E-state index in [1.54, 1.807) is 46.5 Å². The minimum atomic E-state index is -0.992. The molecular formula is C40H57N11O8. The van der Waals surface area contributed by atoms with Crippen molar-refractivity contribution in [3.05, 3.63) is 42.7 Å². The quantitative estimate of drug-likeness (QED) is 0.0913. The molecule has 0 saturated carbocycles. The van der Waals surface area contributed by atoms with Crippen molar-refractivity contribution >= 4 is 35.4 Å². The number of unbranched alkanes of at least 4 members (excludes halogenated alkanes) is 7. The van der Waals surface area contributed by atoms with E-state index in [1.807, 2.05) is 11.0 Å². The molecule has 0 bridgehead atoms. The molecular weight excluding hydrogens is 763 g/mol. The molecule has 1 atom stereocenters. The van der Waals surface area contributed by atoms with Gasteiger partial charge in [0, 0.05) is 51.8 Å². The largest absolute Gasteiger partial charge is 0.481 e. The smallest absolute Gasteiger partial charge is 0.317 e. The molecule has 0 aromatic carbocycles. The van der Waals surface area contributed by atoms with Crippen molar-refractivity contribution in [1.82, 2.24) is 50.4 Å². The summed E-state index contributed by atoms with van der Waals surface area (Å²) in [6, 6.07) is 8.84. The van der Waals surface area contributed by atoms with E-state index >= 15 is 0 Å². The van der Waals surface area contributed by atoms with Crippen LogP contribution in [0.2, 0.25) is 0 Å². The first-order chi connectivity index (χ1) is 28.5. The number of carbonyl (C=O) groups is 5. The van der Waals surface area contributed by atoms with Crippen molar-refractivity contribution in [1.29, 1.82) is 0 Å². The van der Waals surface area contributed by atoms with Gasteiger partial charge in [0.1, 0.15) is 11.4 Å². The number of rotatable bonds is 22. The van der Waals surface area contributed by atoms with Crippen LogP contribution >= 0.6 is 0 Å². The number of aliphatic carboxylic acids is 3. The van der Waals surface area contributed by atoms with E-state index in [9.17, 15) is 39.3 Å². The van der Waals surface area contributed by atoms with E-state index in [1.165, 1.54) is 0 Å². The number of aromatic nitrogens is 6. The fourth-order valence-electron chi connectivity index (χ4n) is 6.79. The Hall–Kier alpha value is -5.53. The Labute approximate surface area is 344 Å². The molecule has 4 rings (SSSR count). The van der Waals surface area contributed by atoms with Crippen LogP contribution in [0.5, 0.6) is 0 Å². The molecule has 0 aliphatic carbocycles. The van der Waals surface area contributed by atoms with Crippen LogP contribution in [0.1, 0.15) is 77.0 Å². The third kappa shape index (κ3) is 18.7. The maximum absolute atomic E-state index is 12.9. The molecule has 320 valence electrons. The van der Waals surface area contributed by atoms with Crippen molar-refractivity contribution < 1.29 is 39.3 Å². The van der Waals surface area contributed by atoms with Gasteiger partial charge in [0.2, 0.25) is 23.5 Å². The predicted octanol–water partition coefficient (Wildman–Crippen LogP) is 2.92. The molecule has 19 nitrogen and oxygen atoms in total. The number of nitrogens with one attached hydrogen (secondary N) is 2. The Morgan fingerprint density at radius 1 is 0.593 bits per heavy atom. The Bertz CT molecular complexity index is 1720. The van der Waals surface area contributed by atoms with E-state index in [-0.39, 0.29) is 49.6 Å². The highest BCUT2D eigenvalue weighted by Gasteiger charge is 2.22. The highest BCUT2D eigenvalue weighted by atomic mass is 16.4. The number of carboxylic acids is 3. The summed E-state index contributed by atoms with van der Waals surface area (Å²) in [7, 11) is 0. The highest BCUT2D eigenvalue weighted by molar-refractivity contribution is 5.90. The van der Waals surface area contributed by atoms with E-state index < -0.39 is 17.9 Å². The first-order valence-electron chi connectivity index (χ1n) is 20.4. The lowest BCUT2D eigenvalue weighted by Gasteiger charge is -2.31. The lowest BCUT2D eigenvalue weighted by atomic mass is 9.96. The van der Waals surface area contributed by atoms with Crippen LogP contribution < -0.4 is 10.6 Å². The minimum absolute atomic E-state index is 0.0441.